The number of imidazole rings is 1. The molecule has 0 spiro atoms. The Morgan fingerprint density at radius 1 is 1.53 bits per heavy atom. The van der Waals surface area contributed by atoms with Gasteiger partial charge >= 0.3 is 0 Å². The molecule has 0 amide bonds. The van der Waals surface area contributed by atoms with Crippen molar-refractivity contribution in [2.75, 3.05) is 6.26 Å². The van der Waals surface area contributed by atoms with Crippen LogP contribution in [0.25, 0.3) is 11.2 Å². The number of nitriles is 1. The van der Waals surface area contributed by atoms with Gasteiger partial charge in [-0.1, -0.05) is 11.8 Å². The third-order valence-corrected chi connectivity index (χ3v) is 3.38. The molecule has 0 saturated heterocycles. The van der Waals surface area contributed by atoms with E-state index in [4.69, 9.17) is 5.26 Å². The first-order chi connectivity index (χ1) is 8.33. The molecule has 86 valence electrons. The lowest BCUT2D eigenvalue weighted by Gasteiger charge is -2.04. The Bertz CT molecular complexity index is 608. The van der Waals surface area contributed by atoms with Crippen molar-refractivity contribution in [3.05, 3.63) is 12.0 Å². The molecule has 2 heterocycles. The molecule has 0 atom stereocenters. The Morgan fingerprint density at radius 3 is 3.00 bits per heavy atom. The molecule has 3 rings (SSSR count). The molecular weight excluding hydrogens is 234 g/mol. The largest absolute Gasteiger partial charge is 0.309 e. The lowest BCUT2D eigenvalue weighted by Crippen LogP contribution is -2.02. The Hall–Kier alpha value is -1.61. The van der Waals surface area contributed by atoms with E-state index < -0.39 is 0 Å². The predicted molar refractivity (Wildman–Crippen MR) is 64.7 cm³/mol. The number of thioether (sulfide) groups is 1. The average molecular weight is 245 g/mol. The van der Waals surface area contributed by atoms with E-state index in [-0.39, 0.29) is 0 Å². The van der Waals surface area contributed by atoms with Crippen molar-refractivity contribution in [3.8, 4) is 6.07 Å². The van der Waals surface area contributed by atoms with Gasteiger partial charge in [0.15, 0.2) is 10.8 Å². The molecular formula is C11H11N5S. The first-order valence-corrected chi connectivity index (χ1v) is 6.70. The summed E-state index contributed by atoms with van der Waals surface area (Å²) in [5, 5.41) is 9.58. The summed E-state index contributed by atoms with van der Waals surface area (Å²) in [5.74, 6) is 0.817. The molecule has 1 fully saturated rings. The van der Waals surface area contributed by atoms with E-state index in [0.717, 1.165) is 35.0 Å². The minimum Gasteiger partial charge on any atom is -0.309 e. The van der Waals surface area contributed by atoms with E-state index in [1.165, 1.54) is 11.8 Å². The minimum atomic E-state index is 0.335. The quantitative estimate of drug-likeness (QED) is 0.610. The van der Waals surface area contributed by atoms with E-state index >= 15 is 0 Å². The number of nitrogens with zero attached hydrogens (tertiary/aromatic N) is 5. The SMILES string of the molecule is CSc1ncc2nc(CC#N)n(C3CC3)c2n1. The van der Waals surface area contributed by atoms with Gasteiger partial charge in [-0.05, 0) is 19.1 Å². The van der Waals surface area contributed by atoms with Crippen LogP contribution in [0.5, 0.6) is 0 Å². The summed E-state index contributed by atoms with van der Waals surface area (Å²) < 4.78 is 2.11. The van der Waals surface area contributed by atoms with Crippen molar-refractivity contribution >= 4 is 22.9 Å². The topological polar surface area (TPSA) is 67.4 Å². The number of hydrogen-bond acceptors (Lipinski definition) is 5. The van der Waals surface area contributed by atoms with Gasteiger partial charge in [-0.2, -0.15) is 5.26 Å². The molecule has 17 heavy (non-hydrogen) atoms. The van der Waals surface area contributed by atoms with E-state index in [1.807, 2.05) is 6.26 Å². The average Bonchev–Trinajstić information content (AvgIpc) is 3.11. The van der Waals surface area contributed by atoms with Gasteiger partial charge in [-0.15, -0.1) is 0 Å². The third kappa shape index (κ3) is 1.76. The Morgan fingerprint density at radius 2 is 2.35 bits per heavy atom. The Balaban J connectivity index is 2.21. The van der Waals surface area contributed by atoms with Crippen LogP contribution in [0.4, 0.5) is 0 Å². The Kier molecular flexibility index (Phi) is 2.48. The molecule has 2 aromatic rings. The summed E-state index contributed by atoms with van der Waals surface area (Å²) in [6.07, 6.45) is 6.34. The van der Waals surface area contributed by atoms with Crippen LogP contribution in [-0.4, -0.2) is 25.8 Å². The van der Waals surface area contributed by atoms with Crippen LogP contribution in [0.3, 0.4) is 0 Å². The van der Waals surface area contributed by atoms with Crippen LogP contribution >= 0.6 is 11.8 Å². The fourth-order valence-electron chi connectivity index (χ4n) is 1.93. The molecule has 2 aromatic heterocycles. The van der Waals surface area contributed by atoms with Gasteiger partial charge in [0.05, 0.1) is 18.7 Å². The van der Waals surface area contributed by atoms with Gasteiger partial charge in [0, 0.05) is 6.04 Å². The zero-order valence-corrected chi connectivity index (χ0v) is 10.2. The van der Waals surface area contributed by atoms with Crippen molar-refractivity contribution in [1.29, 1.82) is 5.26 Å². The first-order valence-electron chi connectivity index (χ1n) is 5.48. The van der Waals surface area contributed by atoms with Crippen LogP contribution < -0.4 is 0 Å². The van der Waals surface area contributed by atoms with Crippen LogP contribution in [0, 0.1) is 11.3 Å². The van der Waals surface area contributed by atoms with Gasteiger partial charge < -0.3 is 4.57 Å². The molecule has 1 saturated carbocycles. The van der Waals surface area contributed by atoms with E-state index in [1.54, 1.807) is 6.20 Å². The predicted octanol–water partition coefficient (Wildman–Crippen LogP) is 1.95. The van der Waals surface area contributed by atoms with Crippen LogP contribution in [0.1, 0.15) is 24.7 Å². The first kappa shape index (κ1) is 10.5. The highest BCUT2D eigenvalue weighted by atomic mass is 32.2. The number of rotatable bonds is 3. The summed E-state index contributed by atoms with van der Waals surface area (Å²) in [6.45, 7) is 0. The maximum absolute atomic E-state index is 8.83. The monoisotopic (exact) mass is 245 g/mol. The maximum atomic E-state index is 8.83. The van der Waals surface area contributed by atoms with Gasteiger partial charge in [0.25, 0.3) is 0 Å². The lowest BCUT2D eigenvalue weighted by atomic mass is 10.4. The molecule has 0 aromatic carbocycles. The van der Waals surface area contributed by atoms with Crippen LogP contribution in [0.15, 0.2) is 11.4 Å². The highest BCUT2D eigenvalue weighted by Crippen LogP contribution is 2.38. The summed E-state index contributed by atoms with van der Waals surface area (Å²) >= 11 is 1.52. The van der Waals surface area contributed by atoms with Crippen molar-refractivity contribution in [2.24, 2.45) is 0 Å². The molecule has 1 aliphatic rings. The molecule has 0 aliphatic heterocycles. The van der Waals surface area contributed by atoms with E-state index in [0.29, 0.717) is 12.5 Å². The zero-order chi connectivity index (χ0) is 11.8. The van der Waals surface area contributed by atoms with Gasteiger partial charge in [-0.3, -0.25) is 0 Å². The maximum Gasteiger partial charge on any atom is 0.189 e. The number of aromatic nitrogens is 4. The van der Waals surface area contributed by atoms with Crippen molar-refractivity contribution in [2.45, 2.75) is 30.5 Å². The molecule has 0 N–H and O–H groups in total. The minimum absolute atomic E-state index is 0.335. The van der Waals surface area contributed by atoms with Crippen LogP contribution in [-0.2, 0) is 6.42 Å². The standard InChI is InChI=1S/C11H11N5S/c1-17-11-13-6-8-10(15-11)16(7-2-3-7)9(14-8)4-5-12/h6-7H,2-4H2,1H3. The van der Waals surface area contributed by atoms with Gasteiger partial charge in [0.1, 0.15) is 11.3 Å². The highest BCUT2D eigenvalue weighted by molar-refractivity contribution is 7.98. The molecule has 6 heteroatoms. The second-order valence-electron chi connectivity index (χ2n) is 4.03. The second-order valence-corrected chi connectivity index (χ2v) is 4.80. The van der Waals surface area contributed by atoms with Gasteiger partial charge in [-0.25, -0.2) is 15.0 Å². The molecule has 0 radical (unpaired) electrons. The molecule has 0 unspecified atom stereocenters. The summed E-state index contributed by atoms with van der Waals surface area (Å²) in [6, 6.07) is 2.64. The molecule has 1 aliphatic carbocycles. The molecule has 5 nitrogen and oxygen atoms in total. The lowest BCUT2D eigenvalue weighted by molar-refractivity contribution is 0.710. The van der Waals surface area contributed by atoms with Crippen molar-refractivity contribution < 1.29 is 0 Å². The van der Waals surface area contributed by atoms with Crippen LogP contribution in [0.2, 0.25) is 0 Å². The summed E-state index contributed by atoms with van der Waals surface area (Å²) in [7, 11) is 0. The summed E-state index contributed by atoms with van der Waals surface area (Å²) in [5.41, 5.74) is 1.66. The second kappa shape index (κ2) is 4.00. The number of fused-ring (bicyclic) bond motifs is 1. The smallest absolute Gasteiger partial charge is 0.189 e. The van der Waals surface area contributed by atoms with E-state index in [9.17, 15) is 0 Å². The van der Waals surface area contributed by atoms with Crippen molar-refractivity contribution in [1.82, 2.24) is 19.5 Å². The number of hydrogen-bond donors (Lipinski definition) is 0. The third-order valence-electron chi connectivity index (χ3n) is 2.82. The highest BCUT2D eigenvalue weighted by Gasteiger charge is 2.28. The fourth-order valence-corrected chi connectivity index (χ4v) is 2.27. The summed E-state index contributed by atoms with van der Waals surface area (Å²) in [4.78, 5) is 13.2. The fraction of sp³-hybridized carbons (Fsp3) is 0.455. The zero-order valence-electron chi connectivity index (χ0n) is 9.42. The Labute approximate surface area is 103 Å². The molecule has 0 bridgehead atoms. The normalized spacial score (nSPS) is 15.1. The van der Waals surface area contributed by atoms with Gasteiger partial charge in [0.2, 0.25) is 0 Å². The van der Waals surface area contributed by atoms with E-state index in [2.05, 4.69) is 25.6 Å². The van der Waals surface area contributed by atoms with Crippen molar-refractivity contribution in [3.63, 3.8) is 0 Å².